The summed E-state index contributed by atoms with van der Waals surface area (Å²) in [6.45, 7) is 1.74. The first kappa shape index (κ1) is 25.4. The highest BCUT2D eigenvalue weighted by atomic mass is 32.2. The number of carbonyl (C=O) groups excluding carboxylic acids is 2. The predicted molar refractivity (Wildman–Crippen MR) is 130 cm³/mol. The van der Waals surface area contributed by atoms with E-state index in [9.17, 15) is 23.1 Å². The van der Waals surface area contributed by atoms with Crippen LogP contribution in [0, 0.1) is 0 Å². The summed E-state index contributed by atoms with van der Waals surface area (Å²) in [5, 5.41) is 15.0. The lowest BCUT2D eigenvalue weighted by Crippen LogP contribution is -2.33. The Kier molecular flexibility index (Phi) is 8.16. The highest BCUT2D eigenvalue weighted by Gasteiger charge is 2.19. The summed E-state index contributed by atoms with van der Waals surface area (Å²) in [6.07, 6.45) is 0. The van der Waals surface area contributed by atoms with E-state index in [2.05, 4.69) is 15.4 Å². The Balaban J connectivity index is 1.70. The van der Waals surface area contributed by atoms with Crippen molar-refractivity contribution in [3.05, 3.63) is 72.3 Å². The van der Waals surface area contributed by atoms with Crippen LogP contribution in [0.25, 0.3) is 0 Å². The molecule has 0 spiro atoms. The van der Waals surface area contributed by atoms with Gasteiger partial charge in [0.2, 0.25) is 5.91 Å². The van der Waals surface area contributed by atoms with Gasteiger partial charge in [-0.25, -0.2) is 8.42 Å². The number of phenolic OH excluding ortho intramolecular Hbond substituents is 1. The van der Waals surface area contributed by atoms with Gasteiger partial charge in [0.05, 0.1) is 42.1 Å². The summed E-state index contributed by atoms with van der Waals surface area (Å²) in [4.78, 5) is 24.7. The van der Waals surface area contributed by atoms with Gasteiger partial charge in [-0.2, -0.15) is 0 Å². The van der Waals surface area contributed by atoms with E-state index in [1.54, 1.807) is 49.4 Å². The van der Waals surface area contributed by atoms with Crippen LogP contribution in [0.15, 0.2) is 71.6 Å². The molecule has 0 heterocycles. The summed E-state index contributed by atoms with van der Waals surface area (Å²) in [5.74, 6) is -0.834. The Hall–Kier alpha value is -4.25. The Labute approximate surface area is 202 Å². The molecule has 10 nitrogen and oxygen atoms in total. The molecule has 0 aliphatic carbocycles. The molecule has 35 heavy (non-hydrogen) atoms. The van der Waals surface area contributed by atoms with Crippen molar-refractivity contribution in [3.63, 3.8) is 0 Å². The average molecular weight is 500 g/mol. The Bertz CT molecular complexity index is 1330. The number of hydrogen-bond donors (Lipinski definition) is 4. The fourth-order valence-electron chi connectivity index (χ4n) is 3.10. The number of amides is 2. The van der Waals surface area contributed by atoms with E-state index < -0.39 is 28.4 Å². The topological polar surface area (TPSA) is 143 Å². The fraction of sp³-hybridized carbons (Fsp3) is 0.167. The molecular weight excluding hydrogens is 474 g/mol. The lowest BCUT2D eigenvalue weighted by molar-refractivity contribution is -0.115. The van der Waals surface area contributed by atoms with Crippen LogP contribution in [0.1, 0.15) is 17.3 Å². The third-order valence-electron chi connectivity index (χ3n) is 4.74. The van der Waals surface area contributed by atoms with Crippen molar-refractivity contribution in [3.8, 4) is 17.2 Å². The van der Waals surface area contributed by atoms with Gasteiger partial charge in [0.1, 0.15) is 17.2 Å². The first-order valence-corrected chi connectivity index (χ1v) is 12.0. The summed E-state index contributed by atoms with van der Waals surface area (Å²) in [5.41, 5.74) is 0.353. The third-order valence-corrected chi connectivity index (χ3v) is 6.11. The van der Waals surface area contributed by atoms with Crippen molar-refractivity contribution in [1.29, 1.82) is 0 Å². The number of rotatable bonds is 10. The molecule has 0 saturated carbocycles. The standard InChI is InChI=1S/C24H25N3O7S/c1-3-34-21-10-6-4-8-17(21)24(30)25-15-23(29)26-19-14-16(12-13-20(19)28)35(31,32)27-18-9-5-7-11-22(18)33-2/h4-14,27-28H,3,15H2,1-2H3,(H,25,30)(H,26,29). The number of anilines is 2. The molecule has 0 unspecified atom stereocenters. The van der Waals surface area contributed by atoms with Crippen LogP contribution in [-0.4, -0.2) is 45.6 Å². The van der Waals surface area contributed by atoms with Crippen LogP contribution in [0.2, 0.25) is 0 Å². The summed E-state index contributed by atoms with van der Waals surface area (Å²) in [6, 6.07) is 16.5. The molecule has 3 rings (SSSR count). The molecule has 3 aromatic carbocycles. The maximum Gasteiger partial charge on any atom is 0.262 e. The van der Waals surface area contributed by atoms with E-state index in [-0.39, 0.29) is 27.6 Å². The van der Waals surface area contributed by atoms with E-state index in [1.807, 2.05) is 0 Å². The maximum atomic E-state index is 12.8. The molecule has 0 saturated heterocycles. The number of methoxy groups -OCH3 is 1. The largest absolute Gasteiger partial charge is 0.506 e. The molecular formula is C24H25N3O7S. The molecule has 0 fully saturated rings. The minimum Gasteiger partial charge on any atom is -0.506 e. The second kappa shape index (κ2) is 11.3. The lowest BCUT2D eigenvalue weighted by Gasteiger charge is -2.14. The van der Waals surface area contributed by atoms with Crippen molar-refractivity contribution in [2.45, 2.75) is 11.8 Å². The Morgan fingerprint density at radius 3 is 2.34 bits per heavy atom. The number of carbonyl (C=O) groups is 2. The van der Waals surface area contributed by atoms with E-state index >= 15 is 0 Å². The monoisotopic (exact) mass is 499 g/mol. The van der Waals surface area contributed by atoms with Gasteiger partial charge in [-0.15, -0.1) is 0 Å². The van der Waals surface area contributed by atoms with Crippen molar-refractivity contribution in [1.82, 2.24) is 5.32 Å². The number of benzene rings is 3. The van der Waals surface area contributed by atoms with E-state index in [4.69, 9.17) is 9.47 Å². The number of phenols is 1. The smallest absolute Gasteiger partial charge is 0.262 e. The molecule has 0 atom stereocenters. The van der Waals surface area contributed by atoms with E-state index in [0.717, 1.165) is 12.1 Å². The third kappa shape index (κ3) is 6.42. The summed E-state index contributed by atoms with van der Waals surface area (Å²) < 4.78 is 38.7. The van der Waals surface area contributed by atoms with Crippen LogP contribution < -0.4 is 24.8 Å². The maximum absolute atomic E-state index is 12.8. The number of hydrogen-bond acceptors (Lipinski definition) is 7. The van der Waals surface area contributed by atoms with Crippen molar-refractivity contribution >= 4 is 33.2 Å². The SMILES string of the molecule is CCOc1ccccc1C(=O)NCC(=O)Nc1cc(S(=O)(=O)Nc2ccccc2OC)ccc1O. The summed E-state index contributed by atoms with van der Waals surface area (Å²) >= 11 is 0. The first-order chi connectivity index (χ1) is 16.7. The quantitative estimate of drug-likeness (QED) is 0.314. The molecule has 2 amide bonds. The van der Waals surface area contributed by atoms with Gasteiger partial charge in [0, 0.05) is 0 Å². The Morgan fingerprint density at radius 2 is 1.63 bits per heavy atom. The molecule has 0 radical (unpaired) electrons. The minimum absolute atomic E-state index is 0.137. The van der Waals surface area contributed by atoms with Crippen molar-refractivity contribution < 1.29 is 32.6 Å². The van der Waals surface area contributed by atoms with E-state index in [1.165, 1.54) is 19.2 Å². The van der Waals surface area contributed by atoms with Crippen LogP contribution in [0.3, 0.4) is 0 Å². The number of aromatic hydroxyl groups is 1. The van der Waals surface area contributed by atoms with Gasteiger partial charge in [0.15, 0.2) is 0 Å². The van der Waals surface area contributed by atoms with Gasteiger partial charge in [-0.05, 0) is 49.4 Å². The van der Waals surface area contributed by atoms with Crippen molar-refractivity contribution in [2.75, 3.05) is 30.3 Å². The molecule has 11 heteroatoms. The molecule has 184 valence electrons. The van der Waals surface area contributed by atoms with Crippen LogP contribution in [-0.2, 0) is 14.8 Å². The zero-order valence-corrected chi connectivity index (χ0v) is 19.9. The normalized spacial score (nSPS) is 10.8. The number of ether oxygens (including phenoxy) is 2. The number of para-hydroxylation sites is 3. The van der Waals surface area contributed by atoms with Gasteiger partial charge in [-0.1, -0.05) is 24.3 Å². The van der Waals surface area contributed by atoms with Crippen LogP contribution in [0.4, 0.5) is 11.4 Å². The van der Waals surface area contributed by atoms with Crippen LogP contribution >= 0.6 is 0 Å². The second-order valence-corrected chi connectivity index (χ2v) is 8.83. The zero-order valence-electron chi connectivity index (χ0n) is 19.1. The molecule has 0 bridgehead atoms. The second-order valence-electron chi connectivity index (χ2n) is 7.14. The van der Waals surface area contributed by atoms with Crippen LogP contribution in [0.5, 0.6) is 17.2 Å². The zero-order chi connectivity index (χ0) is 25.4. The molecule has 0 aromatic heterocycles. The lowest BCUT2D eigenvalue weighted by atomic mass is 10.2. The summed E-state index contributed by atoms with van der Waals surface area (Å²) in [7, 11) is -2.66. The molecule has 4 N–H and O–H groups in total. The highest BCUT2D eigenvalue weighted by Crippen LogP contribution is 2.30. The molecule has 0 aliphatic heterocycles. The van der Waals surface area contributed by atoms with Gasteiger partial charge < -0.3 is 25.2 Å². The number of nitrogens with one attached hydrogen (secondary N) is 3. The Morgan fingerprint density at radius 1 is 0.943 bits per heavy atom. The van der Waals surface area contributed by atoms with Gasteiger partial charge in [0.25, 0.3) is 15.9 Å². The minimum atomic E-state index is -4.07. The first-order valence-electron chi connectivity index (χ1n) is 10.5. The predicted octanol–water partition coefficient (Wildman–Crippen LogP) is 2.97. The van der Waals surface area contributed by atoms with E-state index in [0.29, 0.717) is 18.1 Å². The van der Waals surface area contributed by atoms with Gasteiger partial charge in [-0.3, -0.25) is 14.3 Å². The average Bonchev–Trinajstić information content (AvgIpc) is 2.84. The van der Waals surface area contributed by atoms with Gasteiger partial charge >= 0.3 is 0 Å². The molecule has 0 aliphatic rings. The fourth-order valence-corrected chi connectivity index (χ4v) is 4.20. The highest BCUT2D eigenvalue weighted by molar-refractivity contribution is 7.92. The number of sulfonamides is 1. The van der Waals surface area contributed by atoms with Crippen molar-refractivity contribution in [2.24, 2.45) is 0 Å². The molecule has 3 aromatic rings.